The van der Waals surface area contributed by atoms with E-state index in [4.69, 9.17) is 8.85 Å². The normalized spacial score (nSPS) is 10.2. The van der Waals surface area contributed by atoms with Crippen LogP contribution in [-0.2, 0) is 13.6 Å². The van der Waals surface area contributed by atoms with E-state index in [1.807, 2.05) is 6.92 Å². The second-order valence-electron chi connectivity index (χ2n) is 1.82. The number of carbonyl (C=O) groups is 1. The van der Waals surface area contributed by atoms with E-state index in [1.54, 1.807) is 6.92 Å². The van der Waals surface area contributed by atoms with Crippen LogP contribution in [-0.4, -0.2) is 22.6 Å². The van der Waals surface area contributed by atoms with E-state index >= 15 is 0 Å². The van der Waals surface area contributed by atoms with Crippen molar-refractivity contribution in [1.82, 2.24) is 0 Å². The van der Waals surface area contributed by atoms with E-state index in [0.29, 0.717) is 12.2 Å². The van der Waals surface area contributed by atoms with Gasteiger partial charge < -0.3 is 8.85 Å². The molecule has 10 heavy (non-hydrogen) atoms. The van der Waals surface area contributed by atoms with Crippen LogP contribution in [0.2, 0.25) is 0 Å². The fourth-order valence-corrected chi connectivity index (χ4v) is 0.905. The molecule has 0 spiro atoms. The van der Waals surface area contributed by atoms with Crippen molar-refractivity contribution in [3.63, 3.8) is 0 Å². The Kier molecular flexibility index (Phi) is 4.88. The van der Waals surface area contributed by atoms with Gasteiger partial charge in [-0.2, -0.15) is 0 Å². The molecule has 0 radical (unpaired) electrons. The minimum absolute atomic E-state index is 0.347. The lowest BCUT2D eigenvalue weighted by Gasteiger charge is -2.02. The van der Waals surface area contributed by atoms with Crippen LogP contribution in [0.1, 0.15) is 13.8 Å². The zero-order chi connectivity index (χ0) is 7.98. The second kappa shape index (κ2) is 5.19. The Labute approximate surface area is 63.1 Å². The van der Waals surface area contributed by atoms with Crippen molar-refractivity contribution in [2.45, 2.75) is 13.8 Å². The van der Waals surface area contributed by atoms with Gasteiger partial charge in [-0.15, -0.1) is 0 Å². The van der Waals surface area contributed by atoms with Crippen molar-refractivity contribution in [2.75, 3.05) is 6.61 Å². The molecule has 0 bridgehead atoms. The average Bonchev–Trinajstić information content (AvgIpc) is 1.88. The first-order valence-electron chi connectivity index (χ1n) is 3.08. The molecule has 3 nitrogen and oxygen atoms in total. The van der Waals surface area contributed by atoms with Gasteiger partial charge in [0.25, 0.3) is 0 Å². The third-order valence-electron chi connectivity index (χ3n) is 0.826. The number of hydrogen-bond acceptors (Lipinski definition) is 3. The van der Waals surface area contributed by atoms with Gasteiger partial charge in [0.15, 0.2) is 0 Å². The van der Waals surface area contributed by atoms with E-state index in [-0.39, 0.29) is 5.97 Å². The Morgan fingerprint density at radius 3 is 2.70 bits per heavy atom. The summed E-state index contributed by atoms with van der Waals surface area (Å²) in [4.78, 5) is 10.7. The first-order valence-corrected chi connectivity index (χ1v) is 4.24. The molecular weight excluding hydrogens is 148 g/mol. The van der Waals surface area contributed by atoms with Gasteiger partial charge in [0.05, 0.1) is 0 Å². The fourth-order valence-electron chi connectivity index (χ4n) is 0.302. The van der Waals surface area contributed by atoms with Crippen LogP contribution in [0.15, 0.2) is 12.2 Å². The lowest BCUT2D eigenvalue weighted by atomic mass is 10.4. The van der Waals surface area contributed by atoms with Crippen LogP contribution in [0, 0.1) is 0 Å². The molecule has 0 atom stereocenters. The van der Waals surface area contributed by atoms with Gasteiger partial charge in [-0.1, -0.05) is 6.58 Å². The summed E-state index contributed by atoms with van der Waals surface area (Å²) in [5.41, 5.74) is 0.423. The Bertz CT molecular complexity index is 133. The first-order chi connectivity index (χ1) is 4.68. The molecule has 0 saturated heterocycles. The SMILES string of the molecule is C=C(C)C(=O)O[SiH2]OCC. The predicted molar refractivity (Wildman–Crippen MR) is 41.1 cm³/mol. The van der Waals surface area contributed by atoms with E-state index in [2.05, 4.69) is 6.58 Å². The highest BCUT2D eigenvalue weighted by Crippen LogP contribution is 1.89. The van der Waals surface area contributed by atoms with Gasteiger partial charge in [0.1, 0.15) is 0 Å². The monoisotopic (exact) mass is 160 g/mol. The van der Waals surface area contributed by atoms with Gasteiger partial charge in [-0.25, -0.2) is 4.79 Å². The summed E-state index contributed by atoms with van der Waals surface area (Å²) in [6, 6.07) is 0. The van der Waals surface area contributed by atoms with E-state index in [9.17, 15) is 4.79 Å². The lowest BCUT2D eigenvalue weighted by Crippen LogP contribution is -2.11. The average molecular weight is 160 g/mol. The van der Waals surface area contributed by atoms with Crippen molar-refractivity contribution < 1.29 is 13.6 Å². The third kappa shape index (κ3) is 4.28. The van der Waals surface area contributed by atoms with Crippen molar-refractivity contribution in [2.24, 2.45) is 0 Å². The van der Waals surface area contributed by atoms with Gasteiger partial charge in [-0.3, -0.25) is 0 Å². The highest BCUT2D eigenvalue weighted by Gasteiger charge is 2.00. The van der Waals surface area contributed by atoms with Crippen molar-refractivity contribution in [1.29, 1.82) is 0 Å². The maximum Gasteiger partial charge on any atom is 0.369 e. The molecule has 0 heterocycles. The number of hydrogen-bond donors (Lipinski definition) is 0. The quantitative estimate of drug-likeness (QED) is 0.333. The zero-order valence-electron chi connectivity index (χ0n) is 6.35. The van der Waals surface area contributed by atoms with Crippen molar-refractivity contribution in [3.8, 4) is 0 Å². The van der Waals surface area contributed by atoms with Gasteiger partial charge in [0.2, 0.25) is 0 Å². The number of carbonyl (C=O) groups excluding carboxylic acids is 1. The highest BCUT2D eigenvalue weighted by atomic mass is 28.3. The molecule has 0 saturated carbocycles. The highest BCUT2D eigenvalue weighted by molar-refractivity contribution is 6.23. The molecule has 0 aliphatic heterocycles. The Morgan fingerprint density at radius 2 is 2.30 bits per heavy atom. The van der Waals surface area contributed by atoms with Crippen LogP contribution >= 0.6 is 0 Å². The summed E-state index contributed by atoms with van der Waals surface area (Å²) in [5, 5.41) is 0. The summed E-state index contributed by atoms with van der Waals surface area (Å²) in [7, 11) is -1.09. The van der Waals surface area contributed by atoms with Gasteiger partial charge in [-0.05, 0) is 13.8 Å². The van der Waals surface area contributed by atoms with Crippen LogP contribution in [0.5, 0.6) is 0 Å². The molecular formula is C6H12O3Si. The molecule has 0 amide bonds. The van der Waals surface area contributed by atoms with Gasteiger partial charge in [0, 0.05) is 12.2 Å². The van der Waals surface area contributed by atoms with Crippen molar-refractivity contribution in [3.05, 3.63) is 12.2 Å². The molecule has 0 aromatic heterocycles. The fraction of sp³-hybridized carbons (Fsp3) is 0.500. The van der Waals surface area contributed by atoms with Crippen molar-refractivity contribution >= 4 is 16.0 Å². The molecule has 0 fully saturated rings. The molecule has 4 heteroatoms. The molecule has 0 rings (SSSR count). The summed E-state index contributed by atoms with van der Waals surface area (Å²) in [6.45, 7) is 7.51. The molecule has 0 aromatic rings. The molecule has 0 aliphatic carbocycles. The molecule has 0 unspecified atom stereocenters. The zero-order valence-corrected chi connectivity index (χ0v) is 7.76. The largest absolute Gasteiger partial charge is 0.496 e. The Morgan fingerprint density at radius 1 is 1.70 bits per heavy atom. The molecule has 0 aromatic carbocycles. The van der Waals surface area contributed by atoms with Crippen LogP contribution in [0.4, 0.5) is 0 Å². The smallest absolute Gasteiger partial charge is 0.369 e. The minimum atomic E-state index is -1.09. The molecule has 58 valence electrons. The summed E-state index contributed by atoms with van der Waals surface area (Å²) >= 11 is 0. The third-order valence-corrected chi connectivity index (χ3v) is 1.78. The first kappa shape index (κ1) is 9.39. The maximum absolute atomic E-state index is 10.7. The van der Waals surface area contributed by atoms with Crippen LogP contribution in [0.3, 0.4) is 0 Å². The molecule has 0 N–H and O–H groups in total. The molecule has 0 aliphatic rings. The summed E-state index contributed by atoms with van der Waals surface area (Å²) in [5.74, 6) is -0.347. The van der Waals surface area contributed by atoms with E-state index in [1.165, 1.54) is 0 Å². The van der Waals surface area contributed by atoms with Crippen LogP contribution < -0.4 is 0 Å². The lowest BCUT2D eigenvalue weighted by molar-refractivity contribution is -0.130. The van der Waals surface area contributed by atoms with Crippen LogP contribution in [0.25, 0.3) is 0 Å². The van der Waals surface area contributed by atoms with Gasteiger partial charge >= 0.3 is 16.0 Å². The predicted octanol–water partition coefficient (Wildman–Crippen LogP) is 0.141. The number of rotatable bonds is 4. The topological polar surface area (TPSA) is 35.5 Å². The summed E-state index contributed by atoms with van der Waals surface area (Å²) < 4.78 is 9.63. The van der Waals surface area contributed by atoms with E-state index < -0.39 is 10.0 Å². The maximum atomic E-state index is 10.7. The minimum Gasteiger partial charge on any atom is -0.496 e. The summed E-state index contributed by atoms with van der Waals surface area (Å²) in [6.07, 6.45) is 0. The second-order valence-corrected chi connectivity index (χ2v) is 2.76. The Hall–Kier alpha value is -0.613. The van der Waals surface area contributed by atoms with E-state index in [0.717, 1.165) is 0 Å². The Balaban J connectivity index is 3.31. The standard InChI is InChI=1S/C6H12O3Si/c1-4-8-10-9-6(7)5(2)3/h2,4,10H2,1,3H3.